The minimum Gasteiger partial charge on any atom is -0.497 e. The number of fused-ring (bicyclic) bond motifs is 7. The van der Waals surface area contributed by atoms with E-state index in [-0.39, 0.29) is 41.8 Å². The second-order valence-corrected chi connectivity index (χ2v) is 20.5. The minimum atomic E-state index is -1.57. The molecular weight excluding hydrogens is 789 g/mol. The first-order valence-electron chi connectivity index (χ1n) is 23.1. The van der Waals surface area contributed by atoms with E-state index in [4.69, 9.17) is 42.6 Å². The number of aliphatic hydroxyl groups excluding tert-OH is 3. The highest BCUT2D eigenvalue weighted by molar-refractivity contribution is 5.89. The van der Waals surface area contributed by atoms with E-state index in [9.17, 15) is 24.9 Å². The number of esters is 2. The lowest BCUT2D eigenvalue weighted by atomic mass is 9.44. The van der Waals surface area contributed by atoms with Gasteiger partial charge in [0.2, 0.25) is 0 Å². The van der Waals surface area contributed by atoms with Crippen molar-refractivity contribution < 1.29 is 67.5 Å². The largest absolute Gasteiger partial charge is 0.497 e. The maximum Gasteiger partial charge on any atom is 0.338 e. The van der Waals surface area contributed by atoms with Crippen LogP contribution in [0.5, 0.6) is 5.75 Å². The molecule has 3 N–H and O–H groups in total. The molecule has 4 aliphatic carbocycles. The van der Waals surface area contributed by atoms with Crippen molar-refractivity contribution >= 4 is 11.9 Å². The van der Waals surface area contributed by atoms with Crippen molar-refractivity contribution in [2.24, 2.45) is 52.3 Å². The molecule has 1 aromatic carbocycles. The Hall–Kier alpha value is -2.40. The number of ether oxygens (including phenoxy) is 9. The Morgan fingerprint density at radius 1 is 0.754 bits per heavy atom. The summed E-state index contributed by atoms with van der Waals surface area (Å²) < 4.78 is 55.0. The Bertz CT molecular complexity index is 1730. The van der Waals surface area contributed by atoms with Crippen LogP contribution in [-0.4, -0.2) is 121 Å². The monoisotopic (exact) mass is 856 g/mol. The molecule has 340 valence electrons. The zero-order valence-electron chi connectivity index (χ0n) is 36.6. The van der Waals surface area contributed by atoms with Crippen LogP contribution in [0.3, 0.4) is 0 Å². The van der Waals surface area contributed by atoms with Crippen molar-refractivity contribution in [2.75, 3.05) is 26.9 Å². The highest BCUT2D eigenvalue weighted by Gasteiger charge is 2.69. The van der Waals surface area contributed by atoms with Crippen molar-refractivity contribution in [3.8, 4) is 5.75 Å². The van der Waals surface area contributed by atoms with E-state index < -0.39 is 66.9 Å². The summed E-state index contributed by atoms with van der Waals surface area (Å²) in [6.45, 7) is 11.3. The molecule has 14 heteroatoms. The topological polar surface area (TPSA) is 178 Å². The lowest BCUT2D eigenvalue weighted by Crippen LogP contribution is -2.62. The molecule has 4 saturated heterocycles. The second-order valence-electron chi connectivity index (χ2n) is 20.5. The lowest BCUT2D eigenvalue weighted by molar-refractivity contribution is -0.340. The highest BCUT2D eigenvalue weighted by atomic mass is 16.8. The number of carbonyl (C=O) groups excluding carboxylic acids is 2. The van der Waals surface area contributed by atoms with Crippen LogP contribution in [0.25, 0.3) is 0 Å². The maximum absolute atomic E-state index is 13.2. The van der Waals surface area contributed by atoms with Gasteiger partial charge < -0.3 is 58.0 Å². The van der Waals surface area contributed by atoms with Crippen molar-refractivity contribution in [3.63, 3.8) is 0 Å². The van der Waals surface area contributed by atoms with Crippen molar-refractivity contribution in [1.82, 2.24) is 0 Å². The third-order valence-electron chi connectivity index (χ3n) is 17.2. The van der Waals surface area contributed by atoms with E-state index in [0.717, 1.165) is 45.1 Å². The van der Waals surface area contributed by atoms with Gasteiger partial charge in [0.15, 0.2) is 30.6 Å². The zero-order chi connectivity index (χ0) is 43.0. The molecule has 0 aromatic heterocycles. The molecule has 4 heterocycles. The van der Waals surface area contributed by atoms with Crippen LogP contribution in [0.4, 0.5) is 0 Å². The van der Waals surface area contributed by atoms with Gasteiger partial charge in [-0.25, -0.2) is 4.79 Å². The molecule has 0 amide bonds. The smallest absolute Gasteiger partial charge is 0.338 e. The fourth-order valence-corrected chi connectivity index (χ4v) is 14.0. The van der Waals surface area contributed by atoms with Crippen LogP contribution in [-0.2, 0) is 42.7 Å². The van der Waals surface area contributed by atoms with E-state index in [1.165, 1.54) is 51.8 Å². The summed E-state index contributed by atoms with van der Waals surface area (Å²) in [5.41, 5.74) is 0.618. The molecule has 1 aromatic rings. The first-order chi connectivity index (χ1) is 29.1. The number of hydrogen-bond acceptors (Lipinski definition) is 14. The molecule has 61 heavy (non-hydrogen) atoms. The number of methoxy groups -OCH3 is 1. The average Bonchev–Trinajstić information content (AvgIpc) is 3.69. The van der Waals surface area contributed by atoms with E-state index in [2.05, 4.69) is 27.7 Å². The predicted molar refractivity (Wildman–Crippen MR) is 217 cm³/mol. The second kappa shape index (κ2) is 16.9. The van der Waals surface area contributed by atoms with E-state index in [0.29, 0.717) is 47.2 Å². The number of benzene rings is 1. The summed E-state index contributed by atoms with van der Waals surface area (Å²) in [5.74, 6) is 2.69. The molecule has 4 aliphatic heterocycles. The molecular formula is C47H68O14. The molecule has 0 bridgehead atoms. The molecule has 20 atom stereocenters. The summed E-state index contributed by atoms with van der Waals surface area (Å²) in [5, 5.41) is 32.7. The third kappa shape index (κ3) is 7.75. The fourth-order valence-electron chi connectivity index (χ4n) is 14.0. The van der Waals surface area contributed by atoms with Gasteiger partial charge in [-0.3, -0.25) is 4.79 Å². The average molecular weight is 857 g/mol. The van der Waals surface area contributed by atoms with Crippen molar-refractivity contribution in [1.29, 1.82) is 0 Å². The Morgan fingerprint density at radius 3 is 2.18 bits per heavy atom. The van der Waals surface area contributed by atoms with Gasteiger partial charge in [0, 0.05) is 19.3 Å². The van der Waals surface area contributed by atoms with Crippen LogP contribution in [0.15, 0.2) is 24.3 Å². The van der Waals surface area contributed by atoms with Crippen LogP contribution in [0.1, 0.15) is 109 Å². The van der Waals surface area contributed by atoms with Gasteiger partial charge in [0.05, 0.1) is 44.7 Å². The molecule has 4 saturated carbocycles. The number of hydrogen-bond donors (Lipinski definition) is 3. The van der Waals surface area contributed by atoms with Crippen molar-refractivity contribution in [3.05, 3.63) is 29.8 Å². The standard InChI is InChI=1S/C47H68O14/c1-24-13-18-47(56-21-24)25(2)37-36(61-47)20-33-31-12-9-28-19-30(14-16-45(28,4)32(31)15-17-46(33,37)5)58-44-41(57-26(3)48)39(35(50)23-55-44)60-43-40(38(51)34(49)22-54-43)59-42(52)27-7-10-29(53-6)11-8-27/h7-8,10-11,24-25,28,30-41,43-44,49-51H,9,12-23H2,1-6H3/t24-,25+,28+,30+,31-,32+,33+,34-,35+,36+,37+,38+,39+,40-,41-,43+,44+,45+,46+,47+/m1/s1. The maximum atomic E-state index is 13.2. The Kier molecular flexibility index (Phi) is 12.1. The minimum absolute atomic E-state index is 0.168. The van der Waals surface area contributed by atoms with Crippen LogP contribution < -0.4 is 4.74 Å². The van der Waals surface area contributed by atoms with Crippen LogP contribution in [0.2, 0.25) is 0 Å². The van der Waals surface area contributed by atoms with Crippen LogP contribution >= 0.6 is 0 Å². The first kappa shape index (κ1) is 43.8. The molecule has 1 spiro atoms. The van der Waals surface area contributed by atoms with Gasteiger partial charge >= 0.3 is 11.9 Å². The summed E-state index contributed by atoms with van der Waals surface area (Å²) >= 11 is 0. The Morgan fingerprint density at radius 2 is 1.48 bits per heavy atom. The van der Waals surface area contributed by atoms with Gasteiger partial charge in [-0.2, -0.15) is 0 Å². The fraction of sp³-hybridized carbons (Fsp3) is 0.830. The van der Waals surface area contributed by atoms with E-state index in [1.807, 2.05) is 0 Å². The van der Waals surface area contributed by atoms with Gasteiger partial charge in [-0.05, 0) is 128 Å². The number of aliphatic hydroxyl groups is 3. The van der Waals surface area contributed by atoms with Crippen LogP contribution in [0, 0.1) is 52.3 Å². The molecule has 9 rings (SSSR count). The third-order valence-corrected chi connectivity index (χ3v) is 17.2. The van der Waals surface area contributed by atoms with E-state index >= 15 is 0 Å². The molecule has 0 radical (unpaired) electrons. The normalized spacial score (nSPS) is 49.2. The summed E-state index contributed by atoms with van der Waals surface area (Å²) in [6.07, 6.45) is 0.276. The first-order valence-corrected chi connectivity index (χ1v) is 23.1. The van der Waals surface area contributed by atoms with E-state index in [1.54, 1.807) is 12.1 Å². The predicted octanol–water partition coefficient (Wildman–Crippen LogP) is 5.16. The summed E-state index contributed by atoms with van der Waals surface area (Å²) in [6, 6.07) is 6.20. The molecule has 0 unspecified atom stereocenters. The summed E-state index contributed by atoms with van der Waals surface area (Å²) in [7, 11) is 1.51. The quantitative estimate of drug-likeness (QED) is 0.231. The Labute approximate surface area is 359 Å². The molecule has 8 aliphatic rings. The number of rotatable bonds is 8. The Balaban J connectivity index is 0.857. The van der Waals surface area contributed by atoms with Gasteiger partial charge in [0.25, 0.3) is 0 Å². The summed E-state index contributed by atoms with van der Waals surface area (Å²) in [4.78, 5) is 25.8. The zero-order valence-corrected chi connectivity index (χ0v) is 36.6. The SMILES string of the molecule is COc1ccc(C(=O)O[C@H]2[C@H](O[C@@H]3[C@@H](OC(C)=O)[C@H](O[C@H]4CC[C@@]5(C)[C@@H](CC[C@@H]6[C@@H]5CC[C@]5(C)[C@@H]7[C@H](C[C@@H]65)O[C@@]5(CC[C@@H](C)CO5)[C@H]7C)C4)OC[C@@H]3O)OC[C@@H](O)[C@@H]2O)cc1. The van der Waals surface area contributed by atoms with Crippen molar-refractivity contribution in [2.45, 2.75) is 166 Å². The van der Waals surface area contributed by atoms with Gasteiger partial charge in [-0.1, -0.05) is 27.7 Å². The lowest BCUT2D eigenvalue weighted by Gasteiger charge is -2.61. The van der Waals surface area contributed by atoms with Gasteiger partial charge in [0.1, 0.15) is 30.2 Å². The molecule has 8 fully saturated rings. The molecule has 14 nitrogen and oxygen atoms in total. The number of carbonyl (C=O) groups is 2. The van der Waals surface area contributed by atoms with Gasteiger partial charge in [-0.15, -0.1) is 0 Å². The highest BCUT2D eigenvalue weighted by Crippen LogP contribution is 2.71.